The van der Waals surface area contributed by atoms with Crippen molar-refractivity contribution in [3.63, 3.8) is 0 Å². The highest BCUT2D eigenvalue weighted by Gasteiger charge is 2.34. The Kier molecular flexibility index (Phi) is 4.01. The van der Waals surface area contributed by atoms with Crippen LogP contribution in [0, 0.1) is 11.6 Å². The van der Waals surface area contributed by atoms with Gasteiger partial charge in [0.1, 0.15) is 11.6 Å². The van der Waals surface area contributed by atoms with E-state index in [0.29, 0.717) is 24.6 Å². The van der Waals surface area contributed by atoms with E-state index in [2.05, 4.69) is 4.90 Å². The van der Waals surface area contributed by atoms with Gasteiger partial charge in [-0.25, -0.2) is 8.78 Å². The van der Waals surface area contributed by atoms with Gasteiger partial charge in [-0.1, -0.05) is 6.07 Å². The third-order valence-corrected chi connectivity index (χ3v) is 4.36. The highest BCUT2D eigenvalue weighted by Crippen LogP contribution is 2.24. The molecule has 0 spiro atoms. The molecule has 0 radical (unpaired) electrons. The Hall–Kier alpha value is -1.04. The lowest BCUT2D eigenvalue weighted by Gasteiger charge is -2.37. The van der Waals surface area contributed by atoms with Gasteiger partial charge in [-0.15, -0.1) is 0 Å². The lowest BCUT2D eigenvalue weighted by atomic mass is 10.00. The van der Waals surface area contributed by atoms with Crippen molar-refractivity contribution in [3.05, 3.63) is 35.4 Å². The van der Waals surface area contributed by atoms with E-state index in [-0.39, 0.29) is 12.1 Å². The molecule has 20 heavy (non-hydrogen) atoms. The summed E-state index contributed by atoms with van der Waals surface area (Å²) >= 11 is 0. The van der Waals surface area contributed by atoms with Gasteiger partial charge in [-0.05, 0) is 37.4 Å². The Labute approximate surface area is 117 Å². The van der Waals surface area contributed by atoms with Crippen molar-refractivity contribution in [1.82, 2.24) is 4.90 Å². The third kappa shape index (κ3) is 2.85. The number of nitrogens with zero attached hydrogens (tertiary/aromatic N) is 1. The number of ether oxygens (including phenoxy) is 1. The summed E-state index contributed by atoms with van der Waals surface area (Å²) in [5, 5.41) is 0. The van der Waals surface area contributed by atoms with Crippen LogP contribution in [0.15, 0.2) is 18.2 Å². The molecule has 2 aliphatic rings. The fraction of sp³-hybridized carbons (Fsp3) is 0.600. The van der Waals surface area contributed by atoms with Crippen LogP contribution >= 0.6 is 0 Å². The Balaban J connectivity index is 1.62. The fourth-order valence-corrected chi connectivity index (χ4v) is 3.17. The molecule has 0 saturated carbocycles. The summed E-state index contributed by atoms with van der Waals surface area (Å²) in [7, 11) is 0. The zero-order valence-corrected chi connectivity index (χ0v) is 11.4. The Morgan fingerprint density at radius 3 is 3.05 bits per heavy atom. The Morgan fingerprint density at radius 1 is 1.40 bits per heavy atom. The molecule has 2 fully saturated rings. The van der Waals surface area contributed by atoms with Gasteiger partial charge in [0, 0.05) is 24.7 Å². The second-order valence-electron chi connectivity index (χ2n) is 5.77. The number of halogens is 2. The first-order valence-electron chi connectivity index (χ1n) is 7.18. The highest BCUT2D eigenvalue weighted by molar-refractivity contribution is 5.20. The molecule has 0 aliphatic carbocycles. The van der Waals surface area contributed by atoms with Crippen LogP contribution in [0.2, 0.25) is 0 Å². The maximum absolute atomic E-state index is 13.6. The smallest absolute Gasteiger partial charge is 0.129 e. The van der Waals surface area contributed by atoms with Gasteiger partial charge in [0.15, 0.2) is 0 Å². The molecule has 0 bridgehead atoms. The van der Waals surface area contributed by atoms with E-state index in [9.17, 15) is 8.78 Å². The summed E-state index contributed by atoms with van der Waals surface area (Å²) in [5.74, 6) is -1.09. The van der Waals surface area contributed by atoms with E-state index in [1.807, 2.05) is 0 Å². The quantitative estimate of drug-likeness (QED) is 0.917. The summed E-state index contributed by atoms with van der Waals surface area (Å²) in [5.41, 5.74) is 6.61. The minimum absolute atomic E-state index is 0.0752. The van der Waals surface area contributed by atoms with E-state index < -0.39 is 11.6 Å². The van der Waals surface area contributed by atoms with E-state index in [4.69, 9.17) is 10.5 Å². The first kappa shape index (κ1) is 13.9. The molecule has 3 rings (SSSR count). The molecular weight excluding hydrogens is 262 g/mol. The number of hydrogen-bond acceptors (Lipinski definition) is 3. The molecule has 0 amide bonds. The van der Waals surface area contributed by atoms with Crippen molar-refractivity contribution in [1.29, 1.82) is 0 Å². The van der Waals surface area contributed by atoms with E-state index in [1.165, 1.54) is 25.0 Å². The minimum atomic E-state index is -0.561. The van der Waals surface area contributed by atoms with Crippen molar-refractivity contribution in [3.8, 4) is 0 Å². The number of fused-ring (bicyclic) bond motifs is 1. The fourth-order valence-electron chi connectivity index (χ4n) is 3.17. The lowest BCUT2D eigenvalue weighted by molar-refractivity contribution is -0.0590. The lowest BCUT2D eigenvalue weighted by Crippen LogP contribution is -2.53. The molecule has 1 aromatic carbocycles. The van der Waals surface area contributed by atoms with Gasteiger partial charge >= 0.3 is 0 Å². The molecule has 3 atom stereocenters. The van der Waals surface area contributed by atoms with E-state index in [1.54, 1.807) is 0 Å². The van der Waals surface area contributed by atoms with Crippen molar-refractivity contribution in [2.45, 2.75) is 37.5 Å². The molecule has 2 heterocycles. The van der Waals surface area contributed by atoms with Crippen molar-refractivity contribution >= 4 is 0 Å². The molecule has 3 unspecified atom stereocenters. The van der Waals surface area contributed by atoms with Gasteiger partial charge in [-0.3, -0.25) is 4.90 Å². The number of nitrogens with two attached hydrogens (primary N) is 1. The molecule has 0 aromatic heterocycles. The zero-order chi connectivity index (χ0) is 14.1. The predicted octanol–water partition coefficient (Wildman–Crippen LogP) is 1.70. The topological polar surface area (TPSA) is 38.5 Å². The maximum Gasteiger partial charge on any atom is 0.129 e. The van der Waals surface area contributed by atoms with Crippen LogP contribution < -0.4 is 5.73 Å². The van der Waals surface area contributed by atoms with Gasteiger partial charge in [-0.2, -0.15) is 0 Å². The average molecular weight is 282 g/mol. The summed E-state index contributed by atoms with van der Waals surface area (Å²) in [6, 6.07) is 3.90. The first-order chi connectivity index (χ1) is 9.63. The summed E-state index contributed by atoms with van der Waals surface area (Å²) in [6.07, 6.45) is 2.70. The Bertz CT molecular complexity index is 483. The largest absolute Gasteiger partial charge is 0.374 e. The highest BCUT2D eigenvalue weighted by atomic mass is 19.1. The SMILES string of the molecule is NC(Cc1ccc(F)cc1F)C1CN2CCCC2CO1. The van der Waals surface area contributed by atoms with Crippen LogP contribution in [0.1, 0.15) is 18.4 Å². The molecule has 3 nitrogen and oxygen atoms in total. The number of benzene rings is 1. The van der Waals surface area contributed by atoms with Crippen molar-refractivity contribution in [2.24, 2.45) is 5.73 Å². The van der Waals surface area contributed by atoms with Crippen LogP contribution in [-0.2, 0) is 11.2 Å². The normalized spacial score (nSPS) is 28.4. The second kappa shape index (κ2) is 5.76. The molecular formula is C15H20F2N2O. The number of rotatable bonds is 3. The summed E-state index contributed by atoms with van der Waals surface area (Å²) in [6.45, 7) is 2.63. The van der Waals surface area contributed by atoms with Crippen LogP contribution in [0.4, 0.5) is 8.78 Å². The molecule has 2 N–H and O–H groups in total. The maximum atomic E-state index is 13.6. The van der Waals surface area contributed by atoms with Gasteiger partial charge in [0.25, 0.3) is 0 Å². The van der Waals surface area contributed by atoms with Gasteiger partial charge in [0.05, 0.1) is 12.7 Å². The van der Waals surface area contributed by atoms with Crippen LogP contribution in [0.5, 0.6) is 0 Å². The molecule has 2 aliphatic heterocycles. The predicted molar refractivity (Wildman–Crippen MR) is 72.4 cm³/mol. The monoisotopic (exact) mass is 282 g/mol. The van der Waals surface area contributed by atoms with Crippen LogP contribution in [0.3, 0.4) is 0 Å². The summed E-state index contributed by atoms with van der Waals surface area (Å²) in [4.78, 5) is 2.41. The van der Waals surface area contributed by atoms with Crippen molar-refractivity contribution in [2.75, 3.05) is 19.7 Å². The summed E-state index contributed by atoms with van der Waals surface area (Å²) < 4.78 is 32.4. The molecule has 110 valence electrons. The first-order valence-corrected chi connectivity index (χ1v) is 7.18. The van der Waals surface area contributed by atoms with Crippen LogP contribution in [-0.4, -0.2) is 42.8 Å². The average Bonchev–Trinajstić information content (AvgIpc) is 2.89. The minimum Gasteiger partial charge on any atom is -0.374 e. The van der Waals surface area contributed by atoms with Gasteiger partial charge in [0.2, 0.25) is 0 Å². The number of hydrogen-bond donors (Lipinski definition) is 1. The van der Waals surface area contributed by atoms with Gasteiger partial charge < -0.3 is 10.5 Å². The van der Waals surface area contributed by atoms with E-state index >= 15 is 0 Å². The van der Waals surface area contributed by atoms with E-state index in [0.717, 1.165) is 19.2 Å². The second-order valence-corrected chi connectivity index (χ2v) is 5.77. The molecule has 1 aromatic rings. The molecule has 5 heteroatoms. The number of morpholine rings is 1. The van der Waals surface area contributed by atoms with Crippen molar-refractivity contribution < 1.29 is 13.5 Å². The zero-order valence-electron chi connectivity index (χ0n) is 11.4. The Morgan fingerprint density at radius 2 is 2.25 bits per heavy atom. The van der Waals surface area contributed by atoms with Crippen LogP contribution in [0.25, 0.3) is 0 Å². The third-order valence-electron chi connectivity index (χ3n) is 4.36. The standard InChI is InChI=1S/C15H20F2N2O/c16-11-4-3-10(13(17)7-11)6-14(18)15-8-19-5-1-2-12(19)9-20-15/h3-4,7,12,14-15H,1-2,5-6,8-9,18H2. The molecule has 2 saturated heterocycles.